The molecule has 1 aliphatic heterocycles. The normalized spacial score (nSPS) is 18.9. The number of cyclic esters (lactones) is 1. The molecule has 1 fully saturated rings. The van der Waals surface area contributed by atoms with Crippen LogP contribution in [0.3, 0.4) is 0 Å². The molecule has 1 amide bonds. The summed E-state index contributed by atoms with van der Waals surface area (Å²) in [4.78, 5) is 22.7. The van der Waals surface area contributed by atoms with E-state index in [1.54, 1.807) is 24.3 Å². The van der Waals surface area contributed by atoms with Gasteiger partial charge in [-0.05, 0) is 23.8 Å². The van der Waals surface area contributed by atoms with E-state index >= 15 is 0 Å². The molecule has 5 nitrogen and oxygen atoms in total. The molecule has 94 valence electrons. The summed E-state index contributed by atoms with van der Waals surface area (Å²) in [7, 11) is 0. The van der Waals surface area contributed by atoms with E-state index < -0.39 is 12.0 Å². The van der Waals surface area contributed by atoms with Gasteiger partial charge < -0.3 is 15.2 Å². The van der Waals surface area contributed by atoms with E-state index in [1.807, 2.05) is 0 Å². The summed E-state index contributed by atoms with van der Waals surface area (Å²) in [5.74, 6) is -0.617. The van der Waals surface area contributed by atoms with Crippen molar-refractivity contribution in [3.63, 3.8) is 0 Å². The Bertz CT molecular complexity index is 496. The van der Waals surface area contributed by atoms with Crippen LogP contribution in [0.5, 0.6) is 5.75 Å². The van der Waals surface area contributed by atoms with Crippen LogP contribution in [0.15, 0.2) is 30.3 Å². The van der Waals surface area contributed by atoms with Crippen LogP contribution >= 0.6 is 0 Å². The van der Waals surface area contributed by atoms with E-state index in [0.717, 1.165) is 0 Å². The lowest BCUT2D eigenvalue weighted by molar-refractivity contribution is -0.140. The highest BCUT2D eigenvalue weighted by atomic mass is 16.5. The van der Waals surface area contributed by atoms with E-state index in [2.05, 4.69) is 5.32 Å². The van der Waals surface area contributed by atoms with Crippen LogP contribution in [0.4, 0.5) is 0 Å². The number of carbonyl (C=O) groups is 2. The minimum absolute atomic E-state index is 0.136. The minimum atomic E-state index is -0.550. The number of rotatable bonds is 3. The standard InChI is InChI=1S/C13H13NO4/c15-10-3-1-2-9(8-10)4-5-12(16)14-11-6-7-18-13(11)17/h1-5,8,11,15H,6-7H2,(H,14,16)/b5-4+/t11-/m0/s1. The third kappa shape index (κ3) is 3.10. The summed E-state index contributed by atoms with van der Waals surface area (Å²) in [6, 6.07) is 5.97. The predicted octanol–water partition coefficient (Wildman–Crippen LogP) is 0.837. The Hall–Kier alpha value is -2.30. The quantitative estimate of drug-likeness (QED) is 0.613. The number of hydrogen-bond acceptors (Lipinski definition) is 4. The Labute approximate surface area is 104 Å². The third-order valence-electron chi connectivity index (χ3n) is 2.55. The Morgan fingerprint density at radius 3 is 3.00 bits per heavy atom. The van der Waals surface area contributed by atoms with Gasteiger partial charge in [0, 0.05) is 12.5 Å². The monoisotopic (exact) mass is 247 g/mol. The maximum Gasteiger partial charge on any atom is 0.328 e. The Morgan fingerprint density at radius 2 is 2.33 bits per heavy atom. The molecule has 0 radical (unpaired) electrons. The molecule has 1 aliphatic rings. The van der Waals surface area contributed by atoms with Gasteiger partial charge in [0.2, 0.25) is 5.91 Å². The average molecular weight is 247 g/mol. The van der Waals surface area contributed by atoms with E-state index in [-0.39, 0.29) is 11.7 Å². The number of benzene rings is 1. The van der Waals surface area contributed by atoms with Gasteiger partial charge >= 0.3 is 5.97 Å². The molecule has 0 saturated carbocycles. The largest absolute Gasteiger partial charge is 0.508 e. The fourth-order valence-electron chi connectivity index (χ4n) is 1.65. The maximum absolute atomic E-state index is 11.5. The number of aromatic hydroxyl groups is 1. The Morgan fingerprint density at radius 1 is 1.50 bits per heavy atom. The van der Waals surface area contributed by atoms with Crippen molar-refractivity contribution in [1.82, 2.24) is 5.32 Å². The molecular formula is C13H13NO4. The van der Waals surface area contributed by atoms with Gasteiger partial charge in [0.15, 0.2) is 0 Å². The molecule has 1 atom stereocenters. The highest BCUT2D eigenvalue weighted by Gasteiger charge is 2.27. The van der Waals surface area contributed by atoms with Gasteiger partial charge in [-0.1, -0.05) is 12.1 Å². The van der Waals surface area contributed by atoms with Crippen LogP contribution < -0.4 is 5.32 Å². The van der Waals surface area contributed by atoms with E-state index in [4.69, 9.17) is 4.74 Å². The summed E-state index contributed by atoms with van der Waals surface area (Å²) in [6.45, 7) is 0.347. The molecule has 1 saturated heterocycles. The number of carbonyl (C=O) groups excluding carboxylic acids is 2. The minimum Gasteiger partial charge on any atom is -0.508 e. The smallest absolute Gasteiger partial charge is 0.328 e. The first kappa shape index (κ1) is 12.2. The summed E-state index contributed by atoms with van der Waals surface area (Å²) >= 11 is 0. The van der Waals surface area contributed by atoms with Gasteiger partial charge in [0.1, 0.15) is 11.8 Å². The van der Waals surface area contributed by atoms with Crippen molar-refractivity contribution in [2.45, 2.75) is 12.5 Å². The van der Waals surface area contributed by atoms with Crippen LogP contribution in [0, 0.1) is 0 Å². The zero-order valence-electron chi connectivity index (χ0n) is 9.63. The molecule has 0 aliphatic carbocycles. The molecule has 0 spiro atoms. The van der Waals surface area contributed by atoms with Crippen LogP contribution in [-0.4, -0.2) is 29.6 Å². The van der Waals surface area contributed by atoms with E-state index in [0.29, 0.717) is 18.6 Å². The fraction of sp³-hybridized carbons (Fsp3) is 0.231. The number of phenolic OH excluding ortho intramolecular Hbond substituents is 1. The first-order valence-corrected chi connectivity index (χ1v) is 5.59. The second-order valence-corrected chi connectivity index (χ2v) is 3.95. The van der Waals surface area contributed by atoms with Crippen molar-refractivity contribution in [2.24, 2.45) is 0 Å². The number of nitrogens with one attached hydrogen (secondary N) is 1. The van der Waals surface area contributed by atoms with Crippen molar-refractivity contribution >= 4 is 18.0 Å². The highest BCUT2D eigenvalue weighted by Crippen LogP contribution is 2.12. The third-order valence-corrected chi connectivity index (χ3v) is 2.55. The van der Waals surface area contributed by atoms with Crippen molar-refractivity contribution in [2.75, 3.05) is 6.61 Å². The number of amides is 1. The molecule has 1 aromatic carbocycles. The van der Waals surface area contributed by atoms with Crippen molar-refractivity contribution in [3.8, 4) is 5.75 Å². The number of ether oxygens (including phenoxy) is 1. The van der Waals surface area contributed by atoms with Gasteiger partial charge in [-0.25, -0.2) is 4.79 Å². The van der Waals surface area contributed by atoms with Crippen molar-refractivity contribution in [1.29, 1.82) is 0 Å². The number of phenols is 1. The topological polar surface area (TPSA) is 75.6 Å². The first-order chi connectivity index (χ1) is 8.65. The second-order valence-electron chi connectivity index (χ2n) is 3.95. The van der Waals surface area contributed by atoms with E-state index in [1.165, 1.54) is 12.1 Å². The molecule has 2 rings (SSSR count). The Kier molecular flexibility index (Phi) is 3.62. The summed E-state index contributed by atoms with van der Waals surface area (Å²) in [5.41, 5.74) is 0.708. The van der Waals surface area contributed by atoms with E-state index in [9.17, 15) is 14.7 Å². The highest BCUT2D eigenvalue weighted by molar-refractivity contribution is 5.94. The van der Waals surface area contributed by atoms with Gasteiger partial charge in [-0.3, -0.25) is 4.79 Å². The average Bonchev–Trinajstić information content (AvgIpc) is 2.73. The zero-order valence-corrected chi connectivity index (χ0v) is 9.63. The molecule has 0 bridgehead atoms. The molecule has 18 heavy (non-hydrogen) atoms. The molecule has 5 heteroatoms. The zero-order chi connectivity index (χ0) is 13.0. The van der Waals surface area contributed by atoms with Crippen LogP contribution in [0.1, 0.15) is 12.0 Å². The molecular weight excluding hydrogens is 234 g/mol. The molecule has 1 aromatic rings. The lowest BCUT2D eigenvalue weighted by atomic mass is 10.2. The van der Waals surface area contributed by atoms with Crippen molar-refractivity contribution in [3.05, 3.63) is 35.9 Å². The SMILES string of the molecule is O=C(/C=C/c1cccc(O)c1)N[C@H]1CCOC1=O. The van der Waals surface area contributed by atoms with Crippen LogP contribution in [0.25, 0.3) is 6.08 Å². The van der Waals surface area contributed by atoms with Gasteiger partial charge in [0.25, 0.3) is 0 Å². The second kappa shape index (κ2) is 5.35. The lowest BCUT2D eigenvalue weighted by Gasteiger charge is -2.05. The van der Waals surface area contributed by atoms with Gasteiger partial charge in [0.05, 0.1) is 6.61 Å². The summed E-state index contributed by atoms with van der Waals surface area (Å²) < 4.78 is 4.73. The number of hydrogen-bond donors (Lipinski definition) is 2. The first-order valence-electron chi connectivity index (χ1n) is 5.59. The molecule has 1 heterocycles. The lowest BCUT2D eigenvalue weighted by Crippen LogP contribution is -2.36. The fourth-order valence-corrected chi connectivity index (χ4v) is 1.65. The van der Waals surface area contributed by atoms with Gasteiger partial charge in [-0.2, -0.15) is 0 Å². The predicted molar refractivity (Wildman–Crippen MR) is 64.6 cm³/mol. The molecule has 2 N–H and O–H groups in total. The Balaban J connectivity index is 1.93. The van der Waals surface area contributed by atoms with Crippen molar-refractivity contribution < 1.29 is 19.4 Å². The van der Waals surface area contributed by atoms with Crippen LogP contribution in [-0.2, 0) is 14.3 Å². The maximum atomic E-state index is 11.5. The molecule has 0 aromatic heterocycles. The summed E-state index contributed by atoms with van der Waals surface area (Å²) in [5, 5.41) is 11.8. The van der Waals surface area contributed by atoms with Crippen LogP contribution in [0.2, 0.25) is 0 Å². The molecule has 0 unspecified atom stereocenters. The summed E-state index contributed by atoms with van der Waals surface area (Å²) in [6.07, 6.45) is 3.39. The number of esters is 1. The van der Waals surface area contributed by atoms with Gasteiger partial charge in [-0.15, -0.1) is 0 Å².